The fraction of sp³-hybridized carbons (Fsp3) is 0.500. The van der Waals surface area contributed by atoms with Gasteiger partial charge >= 0.3 is 0 Å². The maximum atomic E-state index is 12.9. The number of Topliss-reactive ketones (excluding diaryl/α,β-unsaturated/α-hetero) is 1. The van der Waals surface area contributed by atoms with Crippen LogP contribution in [0.4, 0.5) is 0 Å². The van der Waals surface area contributed by atoms with Gasteiger partial charge in [-0.05, 0) is 62.8 Å². The largest absolute Gasteiger partial charge is 0.497 e. The number of allylic oxidation sites excluding steroid dienone is 1. The summed E-state index contributed by atoms with van der Waals surface area (Å²) < 4.78 is 5.21. The van der Waals surface area contributed by atoms with Crippen LogP contribution >= 0.6 is 0 Å². The maximum absolute atomic E-state index is 12.9. The quantitative estimate of drug-likeness (QED) is 0.795. The van der Waals surface area contributed by atoms with Crippen molar-refractivity contribution in [1.82, 2.24) is 4.90 Å². The molecule has 1 fully saturated rings. The van der Waals surface area contributed by atoms with Crippen molar-refractivity contribution in [2.75, 3.05) is 20.2 Å². The van der Waals surface area contributed by atoms with Crippen molar-refractivity contribution in [3.05, 3.63) is 41.0 Å². The number of ketones is 1. The monoisotopic (exact) mass is 327 g/mol. The molecule has 2 aliphatic rings. The summed E-state index contributed by atoms with van der Waals surface area (Å²) in [7, 11) is 1.62. The van der Waals surface area contributed by atoms with Crippen LogP contribution in [-0.4, -0.2) is 36.8 Å². The molecule has 128 valence electrons. The van der Waals surface area contributed by atoms with E-state index >= 15 is 0 Å². The Balaban J connectivity index is 1.72. The first-order chi connectivity index (χ1) is 11.6. The SMILES string of the molecule is COc1ccc(C(=O)[C@@H]2CCCN(C(=O)C3=CCCC3)C2)c(C)c1. The first-order valence-electron chi connectivity index (χ1n) is 8.77. The zero-order valence-corrected chi connectivity index (χ0v) is 14.5. The smallest absolute Gasteiger partial charge is 0.249 e. The van der Waals surface area contributed by atoms with Crippen molar-refractivity contribution in [3.8, 4) is 5.75 Å². The molecule has 1 aromatic rings. The third-order valence-electron chi connectivity index (χ3n) is 5.09. The molecular formula is C20H25NO3. The summed E-state index contributed by atoms with van der Waals surface area (Å²) in [4.78, 5) is 27.4. The lowest BCUT2D eigenvalue weighted by Gasteiger charge is -2.32. The Bertz CT molecular complexity index is 677. The molecule has 3 rings (SSSR count). The fourth-order valence-corrected chi connectivity index (χ4v) is 3.70. The molecule has 24 heavy (non-hydrogen) atoms. The second-order valence-corrected chi connectivity index (χ2v) is 6.76. The van der Waals surface area contributed by atoms with E-state index in [4.69, 9.17) is 4.74 Å². The molecule has 1 atom stereocenters. The van der Waals surface area contributed by atoms with Crippen molar-refractivity contribution in [2.24, 2.45) is 5.92 Å². The highest BCUT2D eigenvalue weighted by Gasteiger charge is 2.31. The second kappa shape index (κ2) is 7.20. The van der Waals surface area contributed by atoms with Gasteiger partial charge in [-0.25, -0.2) is 0 Å². The van der Waals surface area contributed by atoms with E-state index in [1.165, 1.54) is 0 Å². The van der Waals surface area contributed by atoms with Crippen LogP contribution in [0.5, 0.6) is 5.75 Å². The molecular weight excluding hydrogens is 302 g/mol. The van der Waals surface area contributed by atoms with Crippen molar-refractivity contribution in [1.29, 1.82) is 0 Å². The Morgan fingerprint density at radius 1 is 1.25 bits per heavy atom. The van der Waals surface area contributed by atoms with Gasteiger partial charge in [-0.1, -0.05) is 6.08 Å². The number of hydrogen-bond acceptors (Lipinski definition) is 3. The van der Waals surface area contributed by atoms with E-state index < -0.39 is 0 Å². The Kier molecular flexibility index (Phi) is 5.03. The van der Waals surface area contributed by atoms with Crippen LogP contribution < -0.4 is 4.74 Å². The molecule has 0 radical (unpaired) electrons. The molecule has 0 unspecified atom stereocenters. The summed E-state index contributed by atoms with van der Waals surface area (Å²) in [6.07, 6.45) is 6.76. The molecule has 1 saturated heterocycles. The van der Waals surface area contributed by atoms with Gasteiger partial charge in [0.15, 0.2) is 5.78 Å². The Labute approximate surface area is 143 Å². The fourth-order valence-electron chi connectivity index (χ4n) is 3.70. The van der Waals surface area contributed by atoms with Gasteiger partial charge in [0.25, 0.3) is 0 Å². The average Bonchev–Trinajstić information content (AvgIpc) is 3.15. The molecule has 1 aromatic carbocycles. The van der Waals surface area contributed by atoms with Gasteiger partial charge in [-0.3, -0.25) is 9.59 Å². The van der Waals surface area contributed by atoms with Crippen LogP contribution in [-0.2, 0) is 4.79 Å². The summed E-state index contributed by atoms with van der Waals surface area (Å²) in [5.74, 6) is 0.943. The summed E-state index contributed by atoms with van der Waals surface area (Å²) in [5.41, 5.74) is 2.61. The number of piperidine rings is 1. The standard InChI is InChI=1S/C20H25NO3/c1-14-12-17(24-2)9-10-18(14)19(22)16-8-5-11-21(13-16)20(23)15-6-3-4-7-15/h6,9-10,12,16H,3-5,7-8,11,13H2,1-2H3/t16-/m1/s1. The lowest BCUT2D eigenvalue weighted by molar-refractivity contribution is -0.128. The van der Waals surface area contributed by atoms with E-state index in [1.54, 1.807) is 7.11 Å². The number of rotatable bonds is 4. The minimum Gasteiger partial charge on any atom is -0.497 e. The minimum atomic E-state index is -0.100. The minimum absolute atomic E-state index is 0.100. The number of methoxy groups -OCH3 is 1. The number of aryl methyl sites for hydroxylation is 1. The summed E-state index contributed by atoms with van der Waals surface area (Å²) in [6.45, 7) is 3.24. The van der Waals surface area contributed by atoms with E-state index in [1.807, 2.05) is 30.0 Å². The maximum Gasteiger partial charge on any atom is 0.249 e. The molecule has 1 amide bonds. The molecule has 1 aliphatic carbocycles. The van der Waals surface area contributed by atoms with Crippen LogP contribution in [0.25, 0.3) is 0 Å². The highest BCUT2D eigenvalue weighted by molar-refractivity contribution is 6.00. The number of carbonyl (C=O) groups excluding carboxylic acids is 2. The van der Waals surface area contributed by atoms with Crippen molar-refractivity contribution in [3.63, 3.8) is 0 Å². The number of hydrogen-bond donors (Lipinski definition) is 0. The van der Waals surface area contributed by atoms with Gasteiger partial charge in [-0.15, -0.1) is 0 Å². The summed E-state index contributed by atoms with van der Waals surface area (Å²) in [6, 6.07) is 5.56. The second-order valence-electron chi connectivity index (χ2n) is 6.76. The first kappa shape index (κ1) is 16.7. The molecule has 4 heteroatoms. The van der Waals surface area contributed by atoms with Crippen molar-refractivity contribution < 1.29 is 14.3 Å². The topological polar surface area (TPSA) is 46.6 Å². The van der Waals surface area contributed by atoms with Gasteiger partial charge in [-0.2, -0.15) is 0 Å². The number of likely N-dealkylation sites (tertiary alicyclic amines) is 1. The van der Waals surface area contributed by atoms with Crippen molar-refractivity contribution in [2.45, 2.75) is 39.0 Å². The van der Waals surface area contributed by atoms with E-state index in [2.05, 4.69) is 6.08 Å². The molecule has 4 nitrogen and oxygen atoms in total. The zero-order valence-electron chi connectivity index (χ0n) is 14.5. The molecule has 1 heterocycles. The normalized spacial score (nSPS) is 20.7. The lowest BCUT2D eigenvalue weighted by atomic mass is 9.88. The highest BCUT2D eigenvalue weighted by Crippen LogP contribution is 2.27. The lowest BCUT2D eigenvalue weighted by Crippen LogP contribution is -2.42. The molecule has 0 N–H and O–H groups in total. The van der Waals surface area contributed by atoms with Crippen molar-refractivity contribution >= 4 is 11.7 Å². The zero-order chi connectivity index (χ0) is 17.1. The number of nitrogens with zero attached hydrogens (tertiary/aromatic N) is 1. The van der Waals surface area contributed by atoms with E-state index in [0.29, 0.717) is 6.54 Å². The van der Waals surface area contributed by atoms with Crippen LogP contribution in [0.15, 0.2) is 29.8 Å². The molecule has 0 bridgehead atoms. The summed E-state index contributed by atoms with van der Waals surface area (Å²) >= 11 is 0. The van der Waals surface area contributed by atoms with E-state index in [0.717, 1.165) is 61.1 Å². The van der Waals surface area contributed by atoms with E-state index in [9.17, 15) is 9.59 Å². The third kappa shape index (κ3) is 3.37. The van der Waals surface area contributed by atoms with E-state index in [-0.39, 0.29) is 17.6 Å². The highest BCUT2D eigenvalue weighted by atomic mass is 16.5. The Hall–Kier alpha value is -2.10. The third-order valence-corrected chi connectivity index (χ3v) is 5.09. The number of benzene rings is 1. The van der Waals surface area contributed by atoms with Crippen LogP contribution in [0.2, 0.25) is 0 Å². The molecule has 1 aliphatic heterocycles. The summed E-state index contributed by atoms with van der Waals surface area (Å²) in [5, 5.41) is 0. The number of amides is 1. The van der Waals surface area contributed by atoms with Gasteiger partial charge in [0, 0.05) is 30.1 Å². The Morgan fingerprint density at radius 3 is 2.75 bits per heavy atom. The van der Waals surface area contributed by atoms with Gasteiger partial charge < -0.3 is 9.64 Å². The first-order valence-corrected chi connectivity index (χ1v) is 8.77. The predicted octanol–water partition coefficient (Wildman–Crippen LogP) is 3.54. The Morgan fingerprint density at radius 2 is 2.08 bits per heavy atom. The number of carbonyl (C=O) groups is 2. The molecule has 0 aromatic heterocycles. The molecule has 0 spiro atoms. The van der Waals surface area contributed by atoms with Gasteiger partial charge in [0.2, 0.25) is 5.91 Å². The van der Waals surface area contributed by atoms with Gasteiger partial charge in [0.1, 0.15) is 5.75 Å². The molecule has 0 saturated carbocycles. The average molecular weight is 327 g/mol. The van der Waals surface area contributed by atoms with Gasteiger partial charge in [0.05, 0.1) is 7.11 Å². The predicted molar refractivity (Wildman–Crippen MR) is 93.3 cm³/mol. The van der Waals surface area contributed by atoms with Crippen LogP contribution in [0.1, 0.15) is 48.0 Å². The number of ether oxygens (including phenoxy) is 1. The van der Waals surface area contributed by atoms with Crippen LogP contribution in [0, 0.1) is 12.8 Å². The van der Waals surface area contributed by atoms with Crippen LogP contribution in [0.3, 0.4) is 0 Å².